The van der Waals surface area contributed by atoms with Gasteiger partial charge in [-0.2, -0.15) is 0 Å². The van der Waals surface area contributed by atoms with E-state index in [-0.39, 0.29) is 29.8 Å². The SMILES string of the molecule is C1OCC1OCC(COC1COC1)(COC1COC1)COC1COC1. The standard InChI is InChI=1S/C17H28O8/c1-13(2-18-1)22-9-17(10-23-14-3-19-4-14,11-24-15-5-20-6-15)12-25-16-7-21-8-16/h13-16H,1-12H2. The van der Waals surface area contributed by atoms with Crippen LogP contribution in [-0.4, -0.2) is 104 Å². The van der Waals surface area contributed by atoms with E-state index in [9.17, 15) is 0 Å². The highest BCUT2D eigenvalue weighted by molar-refractivity contribution is 4.84. The Kier molecular flexibility index (Phi) is 6.20. The third-order valence-electron chi connectivity index (χ3n) is 4.93. The summed E-state index contributed by atoms with van der Waals surface area (Å²) in [5.41, 5.74) is -0.351. The third-order valence-corrected chi connectivity index (χ3v) is 4.93. The summed E-state index contributed by atoms with van der Waals surface area (Å²) in [6.07, 6.45) is 0.631. The third kappa shape index (κ3) is 4.90. The van der Waals surface area contributed by atoms with Crippen LogP contribution in [0.4, 0.5) is 0 Å². The van der Waals surface area contributed by atoms with Crippen LogP contribution < -0.4 is 0 Å². The van der Waals surface area contributed by atoms with Crippen molar-refractivity contribution in [1.82, 2.24) is 0 Å². The van der Waals surface area contributed by atoms with Gasteiger partial charge in [0.1, 0.15) is 24.4 Å². The van der Waals surface area contributed by atoms with Crippen LogP contribution in [0, 0.1) is 5.41 Å². The Labute approximate surface area is 147 Å². The number of hydrogen-bond acceptors (Lipinski definition) is 8. The summed E-state index contributed by atoms with van der Waals surface area (Å²) in [5.74, 6) is 0. The zero-order valence-electron chi connectivity index (χ0n) is 14.6. The molecule has 0 aromatic rings. The Morgan fingerprint density at radius 3 is 0.880 bits per heavy atom. The largest absolute Gasteiger partial charge is 0.376 e. The lowest BCUT2D eigenvalue weighted by Crippen LogP contribution is -2.51. The van der Waals surface area contributed by atoms with Crippen molar-refractivity contribution in [3.05, 3.63) is 0 Å². The quantitative estimate of drug-likeness (QED) is 0.467. The van der Waals surface area contributed by atoms with Crippen molar-refractivity contribution in [2.24, 2.45) is 5.41 Å². The van der Waals surface area contributed by atoms with Crippen LogP contribution in [0.5, 0.6) is 0 Å². The summed E-state index contributed by atoms with van der Waals surface area (Å²) in [6, 6.07) is 0. The summed E-state index contributed by atoms with van der Waals surface area (Å²) in [4.78, 5) is 0. The maximum absolute atomic E-state index is 6.04. The number of hydrogen-bond donors (Lipinski definition) is 0. The van der Waals surface area contributed by atoms with Crippen molar-refractivity contribution in [2.45, 2.75) is 24.4 Å². The van der Waals surface area contributed by atoms with E-state index in [4.69, 9.17) is 37.9 Å². The molecule has 8 nitrogen and oxygen atoms in total. The second-order valence-electron chi connectivity index (χ2n) is 7.38. The topological polar surface area (TPSA) is 73.8 Å². The first-order valence-electron chi connectivity index (χ1n) is 9.09. The first kappa shape index (κ1) is 18.1. The minimum atomic E-state index is -0.351. The molecular weight excluding hydrogens is 332 g/mol. The molecule has 4 saturated heterocycles. The van der Waals surface area contributed by atoms with Crippen molar-refractivity contribution < 1.29 is 37.9 Å². The van der Waals surface area contributed by atoms with E-state index in [2.05, 4.69) is 0 Å². The van der Waals surface area contributed by atoms with Gasteiger partial charge in [0.2, 0.25) is 0 Å². The fourth-order valence-electron chi connectivity index (χ4n) is 2.67. The van der Waals surface area contributed by atoms with Gasteiger partial charge in [-0.3, -0.25) is 0 Å². The molecule has 4 aliphatic rings. The van der Waals surface area contributed by atoms with Gasteiger partial charge in [-0.05, 0) is 0 Å². The van der Waals surface area contributed by atoms with Gasteiger partial charge in [-0.25, -0.2) is 0 Å². The summed E-state index contributed by atoms with van der Waals surface area (Å²) >= 11 is 0. The predicted molar refractivity (Wildman–Crippen MR) is 84.7 cm³/mol. The lowest BCUT2D eigenvalue weighted by molar-refractivity contribution is -0.225. The van der Waals surface area contributed by atoms with Gasteiger partial charge in [0.15, 0.2) is 0 Å². The van der Waals surface area contributed by atoms with E-state index < -0.39 is 0 Å². The van der Waals surface area contributed by atoms with Gasteiger partial charge in [0, 0.05) is 0 Å². The average Bonchev–Trinajstić information content (AvgIpc) is 2.40. The Hall–Kier alpha value is -0.320. The van der Waals surface area contributed by atoms with Gasteiger partial charge >= 0.3 is 0 Å². The molecule has 0 aliphatic carbocycles. The fraction of sp³-hybridized carbons (Fsp3) is 1.00. The molecule has 4 fully saturated rings. The molecule has 0 unspecified atom stereocenters. The lowest BCUT2D eigenvalue weighted by Gasteiger charge is -2.40. The van der Waals surface area contributed by atoms with Crippen molar-refractivity contribution in [3.63, 3.8) is 0 Å². The second-order valence-corrected chi connectivity index (χ2v) is 7.38. The van der Waals surface area contributed by atoms with Crippen molar-refractivity contribution in [3.8, 4) is 0 Å². The predicted octanol–water partition coefficient (Wildman–Crippen LogP) is -0.366. The van der Waals surface area contributed by atoms with E-state index in [1.54, 1.807) is 0 Å². The van der Waals surface area contributed by atoms with Gasteiger partial charge in [-0.1, -0.05) is 0 Å². The first-order chi connectivity index (χ1) is 12.3. The first-order valence-corrected chi connectivity index (χ1v) is 9.09. The fourth-order valence-corrected chi connectivity index (χ4v) is 2.67. The minimum absolute atomic E-state index is 0.158. The molecule has 0 bridgehead atoms. The highest BCUT2D eigenvalue weighted by Gasteiger charge is 2.39. The molecule has 0 amide bonds. The highest BCUT2D eigenvalue weighted by Crippen LogP contribution is 2.27. The molecular formula is C17H28O8. The zero-order chi connectivity index (χ0) is 17.0. The Morgan fingerprint density at radius 1 is 0.480 bits per heavy atom. The molecule has 8 heteroatoms. The van der Waals surface area contributed by atoms with E-state index in [0.717, 1.165) is 0 Å². The van der Waals surface area contributed by atoms with Crippen molar-refractivity contribution >= 4 is 0 Å². The summed E-state index contributed by atoms with van der Waals surface area (Å²) in [6.45, 7) is 7.33. The minimum Gasteiger partial charge on any atom is -0.376 e. The van der Waals surface area contributed by atoms with E-state index in [0.29, 0.717) is 79.3 Å². The molecule has 0 aromatic carbocycles. The maximum atomic E-state index is 6.04. The van der Waals surface area contributed by atoms with Crippen LogP contribution in [0.2, 0.25) is 0 Å². The zero-order valence-corrected chi connectivity index (χ0v) is 14.6. The molecule has 25 heavy (non-hydrogen) atoms. The van der Waals surface area contributed by atoms with E-state index in [1.807, 2.05) is 0 Å². The molecule has 0 radical (unpaired) electrons. The summed E-state index contributed by atoms with van der Waals surface area (Å²) in [7, 11) is 0. The Balaban J connectivity index is 1.34. The van der Waals surface area contributed by atoms with Crippen LogP contribution in [0.25, 0.3) is 0 Å². The van der Waals surface area contributed by atoms with Crippen LogP contribution in [0.15, 0.2) is 0 Å². The Morgan fingerprint density at radius 2 is 0.720 bits per heavy atom. The highest BCUT2D eigenvalue weighted by atomic mass is 16.6. The molecule has 4 aliphatic heterocycles. The van der Waals surface area contributed by atoms with Crippen LogP contribution in [-0.2, 0) is 37.9 Å². The molecule has 0 atom stereocenters. The van der Waals surface area contributed by atoms with Gasteiger partial charge in [0.25, 0.3) is 0 Å². The van der Waals surface area contributed by atoms with E-state index >= 15 is 0 Å². The van der Waals surface area contributed by atoms with Gasteiger partial charge < -0.3 is 37.9 Å². The number of rotatable bonds is 12. The molecule has 0 saturated carbocycles. The smallest absolute Gasteiger partial charge is 0.104 e. The molecule has 4 rings (SSSR count). The van der Waals surface area contributed by atoms with Crippen LogP contribution in [0.1, 0.15) is 0 Å². The van der Waals surface area contributed by atoms with Gasteiger partial charge in [0.05, 0.1) is 84.7 Å². The van der Waals surface area contributed by atoms with E-state index in [1.165, 1.54) is 0 Å². The molecule has 144 valence electrons. The second kappa shape index (κ2) is 8.58. The number of ether oxygens (including phenoxy) is 8. The van der Waals surface area contributed by atoms with Crippen molar-refractivity contribution in [1.29, 1.82) is 0 Å². The normalized spacial score (nSPS) is 25.9. The average molecular weight is 360 g/mol. The Bertz CT molecular complexity index is 326. The molecule has 0 aromatic heterocycles. The van der Waals surface area contributed by atoms with Gasteiger partial charge in [-0.15, -0.1) is 0 Å². The maximum Gasteiger partial charge on any atom is 0.104 e. The molecule has 4 heterocycles. The summed E-state index contributed by atoms with van der Waals surface area (Å²) in [5, 5.41) is 0. The monoisotopic (exact) mass is 360 g/mol. The molecule has 0 N–H and O–H groups in total. The van der Waals surface area contributed by atoms with Crippen molar-refractivity contribution in [2.75, 3.05) is 79.3 Å². The molecule has 0 spiro atoms. The van der Waals surface area contributed by atoms with Crippen LogP contribution in [0.3, 0.4) is 0 Å². The summed E-state index contributed by atoms with van der Waals surface area (Å²) < 4.78 is 45.0. The lowest BCUT2D eigenvalue weighted by atomic mass is 9.91. The van der Waals surface area contributed by atoms with Crippen LogP contribution >= 0.6 is 0 Å².